The third-order valence-corrected chi connectivity index (χ3v) is 4.01. The van der Waals surface area contributed by atoms with Crippen LogP contribution in [-0.4, -0.2) is 41.1 Å². The van der Waals surface area contributed by atoms with Gasteiger partial charge in [0.2, 0.25) is 0 Å². The Kier molecular flexibility index (Phi) is 4.46. The lowest BCUT2D eigenvalue weighted by atomic mass is 9.93. The molecule has 0 aromatic heterocycles. The zero-order chi connectivity index (χ0) is 14.4. The maximum atomic E-state index is 11.6. The molecule has 0 unspecified atom stereocenters. The van der Waals surface area contributed by atoms with E-state index < -0.39 is 18.5 Å². The van der Waals surface area contributed by atoms with Crippen LogP contribution in [0.15, 0.2) is 9.59 Å². The highest BCUT2D eigenvalue weighted by atomic mass is 31.2. The molecule has 8 nitrogen and oxygen atoms in total. The Hall–Kier alpha value is -1.21. The monoisotopic (exact) mass is 306 g/mol. The van der Waals surface area contributed by atoms with Crippen LogP contribution in [0.1, 0.15) is 13.8 Å². The van der Waals surface area contributed by atoms with Gasteiger partial charge in [-0.2, -0.15) is 0 Å². The molecule has 5 N–H and O–H groups in total. The Morgan fingerprint density at radius 1 is 1.30 bits per heavy atom. The second-order valence-electron chi connectivity index (χ2n) is 5.71. The number of rotatable bonds is 3. The van der Waals surface area contributed by atoms with Gasteiger partial charge in [-0.25, -0.2) is 0 Å². The topological polar surface area (TPSA) is 138 Å². The normalized spacial score (nSPS) is 17.9. The van der Waals surface area contributed by atoms with E-state index in [1.54, 1.807) is 4.90 Å². The first-order chi connectivity index (χ1) is 8.61. The van der Waals surface area contributed by atoms with Gasteiger partial charge in [0.15, 0.2) is 0 Å². The van der Waals surface area contributed by atoms with E-state index in [-0.39, 0.29) is 35.0 Å². The van der Waals surface area contributed by atoms with Crippen molar-refractivity contribution in [3.8, 4) is 0 Å². The van der Waals surface area contributed by atoms with Gasteiger partial charge in [0.1, 0.15) is 11.4 Å². The molecule has 20 heavy (non-hydrogen) atoms. The van der Waals surface area contributed by atoms with E-state index >= 15 is 0 Å². The van der Waals surface area contributed by atoms with Gasteiger partial charge in [0.25, 0.3) is 10.9 Å². The van der Waals surface area contributed by atoms with Gasteiger partial charge in [-0.15, -0.1) is 0 Å². The molecule has 0 saturated heterocycles. The summed E-state index contributed by atoms with van der Waals surface area (Å²) in [6, 6.07) is 0. The number of hydrogen-bond acceptors (Lipinski definition) is 5. The fourth-order valence-corrected chi connectivity index (χ4v) is 2.77. The van der Waals surface area contributed by atoms with Crippen LogP contribution in [0.4, 0.5) is 11.4 Å². The third kappa shape index (κ3) is 3.27. The minimum atomic E-state index is -4.13. The summed E-state index contributed by atoms with van der Waals surface area (Å²) in [5, 5.41) is 2.95. The van der Waals surface area contributed by atoms with E-state index in [4.69, 9.17) is 9.79 Å². The SMILES string of the molecule is CC1(C)CNc2c(c(=O)c2=O)N(CCP(=O)(O)O)C1.O. The van der Waals surface area contributed by atoms with Crippen molar-refractivity contribution in [1.82, 2.24) is 0 Å². The van der Waals surface area contributed by atoms with Crippen molar-refractivity contribution in [2.24, 2.45) is 5.41 Å². The lowest BCUT2D eigenvalue weighted by Gasteiger charge is -2.30. The molecule has 0 saturated carbocycles. The average Bonchev–Trinajstić information content (AvgIpc) is 2.39. The molecule has 1 aromatic rings. The third-order valence-electron chi connectivity index (χ3n) is 3.23. The Balaban J connectivity index is 0.00000200. The summed E-state index contributed by atoms with van der Waals surface area (Å²) in [6.45, 7) is 5.00. The lowest BCUT2D eigenvalue weighted by Crippen LogP contribution is -2.43. The van der Waals surface area contributed by atoms with Gasteiger partial charge in [0, 0.05) is 19.6 Å². The van der Waals surface area contributed by atoms with Crippen LogP contribution in [0.3, 0.4) is 0 Å². The van der Waals surface area contributed by atoms with E-state index in [9.17, 15) is 14.2 Å². The fraction of sp³-hybridized carbons (Fsp3) is 0.636. The number of anilines is 2. The van der Waals surface area contributed by atoms with Crippen LogP contribution in [0.2, 0.25) is 0 Å². The van der Waals surface area contributed by atoms with Crippen LogP contribution in [-0.2, 0) is 4.57 Å². The molecule has 1 aliphatic heterocycles. The Bertz CT molecular complexity index is 613. The Morgan fingerprint density at radius 3 is 2.45 bits per heavy atom. The molecule has 0 aliphatic carbocycles. The minimum Gasteiger partial charge on any atom is -0.412 e. The zero-order valence-corrected chi connectivity index (χ0v) is 12.2. The second kappa shape index (κ2) is 5.29. The second-order valence-corrected chi connectivity index (χ2v) is 7.49. The first-order valence-corrected chi connectivity index (χ1v) is 7.77. The number of nitrogens with one attached hydrogen (secondary N) is 1. The van der Waals surface area contributed by atoms with Crippen LogP contribution in [0, 0.1) is 5.41 Å². The van der Waals surface area contributed by atoms with Gasteiger partial charge < -0.3 is 25.5 Å². The molecule has 0 radical (unpaired) electrons. The number of hydrogen-bond donors (Lipinski definition) is 3. The summed E-state index contributed by atoms with van der Waals surface area (Å²) < 4.78 is 11.0. The van der Waals surface area contributed by atoms with Crippen molar-refractivity contribution < 1.29 is 19.8 Å². The standard InChI is InChI=1S/C11H17N2O5P.H2O/c1-11(2)5-12-7-8(10(15)9(7)14)13(6-11)3-4-19(16,17)18;/h12H,3-6H2,1-2H3,(H2,16,17,18);1H2. The molecule has 0 fully saturated rings. The predicted molar refractivity (Wildman–Crippen MR) is 76.4 cm³/mol. The number of fused-ring (bicyclic) bond motifs is 1. The highest BCUT2D eigenvalue weighted by molar-refractivity contribution is 7.51. The summed E-state index contributed by atoms with van der Waals surface area (Å²) in [5.41, 5.74) is -0.780. The van der Waals surface area contributed by atoms with Crippen LogP contribution in [0.5, 0.6) is 0 Å². The molecule has 1 aromatic carbocycles. The van der Waals surface area contributed by atoms with Crippen molar-refractivity contribution in [2.45, 2.75) is 13.8 Å². The first-order valence-electron chi connectivity index (χ1n) is 5.97. The summed E-state index contributed by atoms with van der Waals surface area (Å²) in [4.78, 5) is 42.6. The van der Waals surface area contributed by atoms with Crippen molar-refractivity contribution in [3.05, 3.63) is 20.4 Å². The van der Waals surface area contributed by atoms with Crippen molar-refractivity contribution in [2.75, 3.05) is 36.0 Å². The summed E-state index contributed by atoms with van der Waals surface area (Å²) >= 11 is 0. The van der Waals surface area contributed by atoms with E-state index in [1.807, 2.05) is 13.8 Å². The van der Waals surface area contributed by atoms with Crippen molar-refractivity contribution >= 4 is 19.0 Å². The maximum Gasteiger partial charge on any atom is 0.327 e. The Morgan fingerprint density at radius 2 is 1.90 bits per heavy atom. The largest absolute Gasteiger partial charge is 0.412 e. The van der Waals surface area contributed by atoms with Gasteiger partial charge in [-0.3, -0.25) is 14.2 Å². The number of nitrogens with zero attached hydrogens (tertiary/aromatic N) is 1. The van der Waals surface area contributed by atoms with Gasteiger partial charge >= 0.3 is 7.60 Å². The quantitative estimate of drug-likeness (QED) is 0.475. The van der Waals surface area contributed by atoms with Crippen LogP contribution >= 0.6 is 7.60 Å². The molecular formula is C11H19N2O6P. The molecule has 114 valence electrons. The van der Waals surface area contributed by atoms with Crippen molar-refractivity contribution in [3.63, 3.8) is 0 Å². The smallest absolute Gasteiger partial charge is 0.327 e. The summed E-state index contributed by atoms with van der Waals surface area (Å²) in [6.07, 6.45) is -0.332. The van der Waals surface area contributed by atoms with E-state index in [2.05, 4.69) is 5.32 Å². The average molecular weight is 306 g/mol. The Labute approximate surface area is 115 Å². The maximum absolute atomic E-state index is 11.6. The summed E-state index contributed by atoms with van der Waals surface area (Å²) in [5.74, 6) is 0. The molecule has 0 atom stereocenters. The summed E-state index contributed by atoms with van der Waals surface area (Å²) in [7, 11) is -4.13. The molecule has 0 bridgehead atoms. The predicted octanol–water partition coefficient (Wildman–Crippen LogP) is -1.11. The van der Waals surface area contributed by atoms with E-state index in [0.29, 0.717) is 13.1 Å². The van der Waals surface area contributed by atoms with Gasteiger partial charge in [-0.1, -0.05) is 13.8 Å². The molecule has 1 heterocycles. The van der Waals surface area contributed by atoms with Crippen LogP contribution < -0.4 is 21.1 Å². The molecule has 0 amide bonds. The molecule has 9 heteroatoms. The van der Waals surface area contributed by atoms with Crippen LogP contribution in [0.25, 0.3) is 0 Å². The lowest BCUT2D eigenvalue weighted by molar-refractivity contribution is 0.368. The highest BCUT2D eigenvalue weighted by Gasteiger charge is 2.34. The molecule has 2 rings (SSSR count). The van der Waals surface area contributed by atoms with Gasteiger partial charge in [-0.05, 0) is 5.41 Å². The van der Waals surface area contributed by atoms with E-state index in [1.165, 1.54) is 0 Å². The fourth-order valence-electron chi connectivity index (χ4n) is 2.27. The highest BCUT2D eigenvalue weighted by Crippen LogP contribution is 2.36. The minimum absolute atomic E-state index is 0. The van der Waals surface area contributed by atoms with Gasteiger partial charge in [0.05, 0.1) is 6.16 Å². The van der Waals surface area contributed by atoms with E-state index in [0.717, 1.165) is 0 Å². The molecule has 1 aliphatic rings. The molecule has 0 spiro atoms. The molecular weight excluding hydrogens is 287 g/mol. The first kappa shape index (κ1) is 16.8. The zero-order valence-electron chi connectivity index (χ0n) is 11.3. The van der Waals surface area contributed by atoms with Crippen molar-refractivity contribution in [1.29, 1.82) is 0 Å².